The summed E-state index contributed by atoms with van der Waals surface area (Å²) in [5.74, 6) is 0.553. The number of sulfone groups is 1. The van der Waals surface area contributed by atoms with E-state index in [1.54, 1.807) is 30.5 Å². The second-order valence-corrected chi connectivity index (χ2v) is 14.2. The summed E-state index contributed by atoms with van der Waals surface area (Å²) in [4.78, 5) is 36.4. The van der Waals surface area contributed by atoms with Gasteiger partial charge in [0, 0.05) is 52.8 Å². The van der Waals surface area contributed by atoms with E-state index in [0.29, 0.717) is 34.4 Å². The lowest BCUT2D eigenvalue weighted by molar-refractivity contribution is 0.251. The molecule has 0 aliphatic heterocycles. The maximum Gasteiger partial charge on any atom is 0.321 e. The van der Waals surface area contributed by atoms with E-state index in [9.17, 15) is 18.0 Å². The average molecular weight is 672 g/mol. The van der Waals surface area contributed by atoms with E-state index < -0.39 is 15.9 Å². The number of aromatic nitrogens is 4. The van der Waals surface area contributed by atoms with E-state index in [2.05, 4.69) is 30.2 Å². The van der Waals surface area contributed by atoms with Gasteiger partial charge in [-0.3, -0.25) is 10.1 Å². The molecule has 0 bridgehead atoms. The third-order valence-electron chi connectivity index (χ3n) is 7.01. The van der Waals surface area contributed by atoms with E-state index >= 15 is 0 Å². The fraction of sp³-hybridized carbons (Fsp3) is 0.200. The molecule has 10 nitrogen and oxygen atoms in total. The van der Waals surface area contributed by atoms with Crippen LogP contribution in [0.15, 0.2) is 76.1 Å². The Morgan fingerprint density at radius 2 is 1.75 bits per heavy atom. The number of benzene rings is 2. The highest BCUT2D eigenvalue weighted by molar-refractivity contribution is 7.92. The molecule has 0 aliphatic rings. The van der Waals surface area contributed by atoms with Crippen LogP contribution in [0.3, 0.4) is 0 Å². The maximum absolute atomic E-state index is 12.7. The van der Waals surface area contributed by atoms with Gasteiger partial charge < -0.3 is 14.9 Å². The number of nitrogens with one attached hydrogen (secondary N) is 3. The molecule has 0 saturated carbocycles. The van der Waals surface area contributed by atoms with E-state index in [0.717, 1.165) is 52.1 Å². The number of amides is 2. The van der Waals surface area contributed by atoms with Crippen molar-refractivity contribution < 1.29 is 13.2 Å². The number of urea groups is 1. The van der Waals surface area contributed by atoms with Crippen molar-refractivity contribution >= 4 is 55.5 Å². The van der Waals surface area contributed by atoms with Gasteiger partial charge in [-0.15, -0.1) is 0 Å². The summed E-state index contributed by atoms with van der Waals surface area (Å²) in [6.45, 7) is 2.76. The molecule has 5 rings (SSSR count). The molecule has 3 aromatic heterocycles. The molecular formula is C30H28Cl2N6O4S2. The Balaban J connectivity index is 1.17. The van der Waals surface area contributed by atoms with Crippen LogP contribution >= 0.6 is 34.5 Å². The highest BCUT2D eigenvalue weighted by Crippen LogP contribution is 2.27. The number of hydrogen-bond donors (Lipinski definition) is 3. The zero-order valence-electron chi connectivity index (χ0n) is 23.7. The summed E-state index contributed by atoms with van der Waals surface area (Å²) in [6.07, 6.45) is 6.92. The van der Waals surface area contributed by atoms with Crippen molar-refractivity contribution in [3.05, 3.63) is 116 Å². The molecule has 3 heterocycles. The summed E-state index contributed by atoms with van der Waals surface area (Å²) < 4.78 is 25.3. The minimum Gasteiger partial charge on any atom is -0.351 e. The Labute approximate surface area is 268 Å². The fourth-order valence-corrected chi connectivity index (χ4v) is 6.71. The standard InChI is InChI=1S/C30H28Cl2N6O4S2/c1-18-21(14-22-23(31)4-3-5-24(22)32)26(39)11-13-38(18)12-10-19-6-8-20(9-7-19)25-15-33-27(36-25)16-34-29(40)37-30-35-17-28(43-30)44(2,41)42/h3-9,11,13,15,17H,10,12,14,16H2,1-2H3,(H,33,36)(H2,34,35,37,40). The van der Waals surface area contributed by atoms with Gasteiger partial charge in [-0.25, -0.2) is 23.2 Å². The summed E-state index contributed by atoms with van der Waals surface area (Å²) in [7, 11) is -3.38. The lowest BCUT2D eigenvalue weighted by Crippen LogP contribution is -2.28. The molecule has 0 saturated heterocycles. The molecule has 0 radical (unpaired) electrons. The van der Waals surface area contributed by atoms with Crippen LogP contribution in [0.5, 0.6) is 0 Å². The van der Waals surface area contributed by atoms with Gasteiger partial charge in [0.15, 0.2) is 20.4 Å². The van der Waals surface area contributed by atoms with E-state index in [4.69, 9.17) is 23.2 Å². The number of hydrogen-bond acceptors (Lipinski definition) is 7. The largest absolute Gasteiger partial charge is 0.351 e. The van der Waals surface area contributed by atoms with Gasteiger partial charge in [-0.1, -0.05) is 64.9 Å². The third-order valence-corrected chi connectivity index (χ3v) is 10.4. The zero-order chi connectivity index (χ0) is 31.4. The van der Waals surface area contributed by atoms with Gasteiger partial charge in [0.25, 0.3) is 0 Å². The van der Waals surface area contributed by atoms with Crippen LogP contribution in [0, 0.1) is 6.92 Å². The van der Waals surface area contributed by atoms with E-state index in [1.165, 1.54) is 6.20 Å². The van der Waals surface area contributed by atoms with Crippen molar-refractivity contribution in [1.29, 1.82) is 0 Å². The number of carbonyl (C=O) groups excluding carboxylic acids is 1. The number of aryl methyl sites for hydroxylation is 2. The third kappa shape index (κ3) is 7.56. The van der Waals surface area contributed by atoms with Crippen molar-refractivity contribution in [2.24, 2.45) is 0 Å². The SMILES string of the molecule is Cc1c(Cc2c(Cl)cccc2Cl)c(=O)ccn1CCc1ccc(-c2cnc(CNC(=O)Nc3ncc(S(C)(=O)=O)s3)[nH]2)cc1. The molecule has 0 atom stereocenters. The molecule has 44 heavy (non-hydrogen) atoms. The number of rotatable bonds is 10. The Hall–Kier alpha value is -3.97. The Kier molecular flexibility index (Phi) is 9.54. The van der Waals surface area contributed by atoms with Crippen molar-refractivity contribution in [1.82, 2.24) is 24.8 Å². The monoisotopic (exact) mass is 670 g/mol. The molecule has 0 unspecified atom stereocenters. The summed E-state index contributed by atoms with van der Waals surface area (Å²) >= 11 is 13.6. The molecule has 2 amide bonds. The number of halogens is 2. The van der Waals surface area contributed by atoms with Crippen LogP contribution < -0.4 is 16.1 Å². The number of carbonyl (C=O) groups is 1. The smallest absolute Gasteiger partial charge is 0.321 e. The first kappa shape index (κ1) is 31.5. The van der Waals surface area contributed by atoms with Crippen molar-refractivity contribution in [3.8, 4) is 11.3 Å². The number of nitrogens with zero attached hydrogens (tertiary/aromatic N) is 3. The number of pyridine rings is 1. The molecular weight excluding hydrogens is 643 g/mol. The van der Waals surface area contributed by atoms with E-state index in [-0.39, 0.29) is 21.3 Å². The molecule has 228 valence electrons. The first-order chi connectivity index (χ1) is 21.0. The minimum absolute atomic E-state index is 0.0449. The number of H-pyrrole nitrogens is 1. The molecule has 0 aliphatic carbocycles. The maximum atomic E-state index is 12.7. The molecule has 3 N–H and O–H groups in total. The molecule has 0 spiro atoms. The number of aromatic amines is 1. The predicted octanol–water partition coefficient (Wildman–Crippen LogP) is 5.87. The van der Waals surface area contributed by atoms with Gasteiger partial charge in [0.05, 0.1) is 24.6 Å². The van der Waals surface area contributed by atoms with Gasteiger partial charge in [-0.2, -0.15) is 0 Å². The van der Waals surface area contributed by atoms with Crippen LogP contribution in [0.2, 0.25) is 10.0 Å². The number of thiazole rings is 1. The summed E-state index contributed by atoms with van der Waals surface area (Å²) in [5.41, 5.74) is 5.11. The summed E-state index contributed by atoms with van der Waals surface area (Å²) in [5, 5.41) is 6.45. The first-order valence-electron chi connectivity index (χ1n) is 13.4. The number of anilines is 1. The Morgan fingerprint density at radius 3 is 2.43 bits per heavy atom. The van der Waals surface area contributed by atoms with Crippen LogP contribution in [-0.2, 0) is 35.8 Å². The van der Waals surface area contributed by atoms with Crippen LogP contribution in [0.1, 0.15) is 28.2 Å². The first-order valence-corrected chi connectivity index (χ1v) is 16.9. The van der Waals surface area contributed by atoms with Crippen molar-refractivity contribution in [3.63, 3.8) is 0 Å². The molecule has 2 aromatic carbocycles. The minimum atomic E-state index is -3.38. The van der Waals surface area contributed by atoms with Gasteiger partial charge >= 0.3 is 6.03 Å². The normalized spacial score (nSPS) is 11.5. The highest BCUT2D eigenvalue weighted by atomic mass is 35.5. The van der Waals surface area contributed by atoms with Gasteiger partial charge in [0.2, 0.25) is 0 Å². The molecule has 0 fully saturated rings. The Bertz CT molecular complexity index is 1960. The Morgan fingerprint density at radius 1 is 1.02 bits per heavy atom. The van der Waals surface area contributed by atoms with Gasteiger partial charge in [-0.05, 0) is 42.2 Å². The van der Waals surface area contributed by atoms with Crippen LogP contribution in [-0.4, -0.2) is 40.2 Å². The zero-order valence-corrected chi connectivity index (χ0v) is 26.9. The summed E-state index contributed by atoms with van der Waals surface area (Å²) in [6, 6.07) is 14.5. The highest BCUT2D eigenvalue weighted by Gasteiger charge is 2.15. The number of imidazole rings is 1. The topological polar surface area (TPSA) is 139 Å². The second-order valence-electron chi connectivity index (χ2n) is 10.1. The van der Waals surface area contributed by atoms with Crippen LogP contribution in [0.25, 0.3) is 11.3 Å². The van der Waals surface area contributed by atoms with Crippen molar-refractivity contribution in [2.75, 3.05) is 11.6 Å². The predicted molar refractivity (Wildman–Crippen MR) is 174 cm³/mol. The van der Waals surface area contributed by atoms with Crippen LogP contribution in [0.4, 0.5) is 9.93 Å². The fourth-order valence-electron chi connectivity index (χ4n) is 4.55. The average Bonchev–Trinajstić information content (AvgIpc) is 3.66. The molecule has 5 aromatic rings. The quantitative estimate of drug-likeness (QED) is 0.170. The lowest BCUT2D eigenvalue weighted by Gasteiger charge is -2.15. The van der Waals surface area contributed by atoms with Gasteiger partial charge in [0.1, 0.15) is 10.0 Å². The van der Waals surface area contributed by atoms with Crippen molar-refractivity contribution in [2.45, 2.75) is 37.1 Å². The lowest BCUT2D eigenvalue weighted by atomic mass is 10.0. The second kappa shape index (κ2) is 13.3. The molecule has 14 heteroatoms. The van der Waals surface area contributed by atoms with E-state index in [1.807, 2.05) is 37.4 Å².